The van der Waals surface area contributed by atoms with Crippen molar-refractivity contribution in [1.29, 1.82) is 0 Å². The van der Waals surface area contributed by atoms with Crippen LogP contribution in [0.15, 0.2) is 60.8 Å². The number of benzene rings is 2. The molecular weight excluding hydrogens is 333 g/mol. The summed E-state index contributed by atoms with van der Waals surface area (Å²) in [6, 6.07) is 15.3. The number of aliphatic hydroxyl groups is 1. The number of amides is 1. The second-order valence-electron chi connectivity index (χ2n) is 6.11. The van der Waals surface area contributed by atoms with E-state index in [0.717, 1.165) is 5.56 Å². The lowest BCUT2D eigenvalue weighted by atomic mass is 10.1. The average molecular weight is 353 g/mol. The Bertz CT molecular complexity index is 880. The highest BCUT2D eigenvalue weighted by atomic mass is 19.1. The molecule has 1 aromatic heterocycles. The summed E-state index contributed by atoms with van der Waals surface area (Å²) in [5.41, 5.74) is 2.22. The van der Waals surface area contributed by atoms with E-state index in [4.69, 9.17) is 0 Å². The van der Waals surface area contributed by atoms with Gasteiger partial charge in [-0.05, 0) is 24.1 Å². The molecule has 2 aromatic carbocycles. The van der Waals surface area contributed by atoms with Crippen LogP contribution in [0.5, 0.6) is 0 Å². The number of aromatic amines is 1. The number of nitrogens with zero attached hydrogens (tertiary/aromatic N) is 2. The second kappa shape index (κ2) is 7.93. The first-order chi connectivity index (χ1) is 12.6. The van der Waals surface area contributed by atoms with Crippen LogP contribution >= 0.6 is 0 Å². The molecular formula is C20H20FN3O2. The summed E-state index contributed by atoms with van der Waals surface area (Å²) in [5, 5.41) is 16.9. The minimum atomic E-state index is -0.640. The van der Waals surface area contributed by atoms with Crippen LogP contribution in [0, 0.1) is 5.82 Å². The Labute approximate surface area is 151 Å². The number of nitrogens with one attached hydrogen (secondary N) is 1. The van der Waals surface area contributed by atoms with Crippen molar-refractivity contribution in [2.24, 2.45) is 0 Å². The molecule has 0 aliphatic heterocycles. The molecule has 1 amide bonds. The Balaban J connectivity index is 1.69. The van der Waals surface area contributed by atoms with Crippen LogP contribution in [0.2, 0.25) is 0 Å². The van der Waals surface area contributed by atoms with Gasteiger partial charge in [0.25, 0.3) is 5.91 Å². The first-order valence-electron chi connectivity index (χ1n) is 8.34. The molecule has 0 saturated heterocycles. The number of hydrogen-bond donors (Lipinski definition) is 2. The van der Waals surface area contributed by atoms with Crippen LogP contribution in [-0.4, -0.2) is 39.7 Å². The minimum Gasteiger partial charge on any atom is -0.388 e. The Morgan fingerprint density at radius 2 is 2.00 bits per heavy atom. The van der Waals surface area contributed by atoms with E-state index < -0.39 is 6.10 Å². The maximum absolute atomic E-state index is 13.5. The molecule has 0 aliphatic carbocycles. The van der Waals surface area contributed by atoms with Gasteiger partial charge in [-0.3, -0.25) is 9.89 Å². The molecule has 5 nitrogen and oxygen atoms in total. The maximum atomic E-state index is 13.5. The molecule has 0 radical (unpaired) electrons. The third kappa shape index (κ3) is 3.97. The van der Waals surface area contributed by atoms with Crippen LogP contribution in [-0.2, 0) is 0 Å². The number of carbonyl (C=O) groups excluding carboxylic acids is 1. The summed E-state index contributed by atoms with van der Waals surface area (Å²) in [4.78, 5) is 14.3. The van der Waals surface area contributed by atoms with E-state index in [-0.39, 0.29) is 11.7 Å². The Morgan fingerprint density at radius 3 is 2.73 bits per heavy atom. The molecule has 6 heteroatoms. The molecule has 0 unspecified atom stereocenters. The van der Waals surface area contributed by atoms with Crippen molar-refractivity contribution < 1.29 is 14.3 Å². The quantitative estimate of drug-likeness (QED) is 0.713. The van der Waals surface area contributed by atoms with E-state index in [0.29, 0.717) is 29.8 Å². The summed E-state index contributed by atoms with van der Waals surface area (Å²) >= 11 is 0. The monoisotopic (exact) mass is 353 g/mol. The number of halogens is 1. The maximum Gasteiger partial charge on any atom is 0.257 e. The molecule has 3 rings (SSSR count). The van der Waals surface area contributed by atoms with Gasteiger partial charge >= 0.3 is 0 Å². The van der Waals surface area contributed by atoms with Crippen molar-refractivity contribution in [1.82, 2.24) is 15.1 Å². The van der Waals surface area contributed by atoms with Crippen molar-refractivity contribution >= 4 is 5.91 Å². The molecule has 0 aliphatic rings. The van der Waals surface area contributed by atoms with E-state index in [1.807, 2.05) is 30.3 Å². The summed E-state index contributed by atoms with van der Waals surface area (Å²) in [7, 11) is 1.67. The van der Waals surface area contributed by atoms with Crippen LogP contribution in [0.4, 0.5) is 4.39 Å². The molecule has 0 spiro atoms. The van der Waals surface area contributed by atoms with Gasteiger partial charge in [0, 0.05) is 19.2 Å². The van der Waals surface area contributed by atoms with Gasteiger partial charge in [0.2, 0.25) is 0 Å². The predicted octanol–water partition coefficient (Wildman–Crippen LogP) is 3.41. The van der Waals surface area contributed by atoms with Gasteiger partial charge in [0.05, 0.1) is 23.6 Å². The third-order valence-corrected chi connectivity index (χ3v) is 4.25. The van der Waals surface area contributed by atoms with Gasteiger partial charge in [-0.1, -0.05) is 42.5 Å². The highest BCUT2D eigenvalue weighted by Crippen LogP contribution is 2.23. The number of carbonyl (C=O) groups is 1. The molecule has 3 aromatic rings. The first-order valence-corrected chi connectivity index (χ1v) is 8.34. The van der Waals surface area contributed by atoms with Gasteiger partial charge in [0.1, 0.15) is 5.82 Å². The highest BCUT2D eigenvalue weighted by molar-refractivity contribution is 5.99. The molecule has 1 heterocycles. The van der Waals surface area contributed by atoms with E-state index in [1.165, 1.54) is 23.2 Å². The van der Waals surface area contributed by atoms with Crippen LogP contribution in [0.1, 0.15) is 28.4 Å². The number of aliphatic hydroxyl groups excluding tert-OH is 1. The SMILES string of the molecule is CN(CC[C@@H](O)c1ccccc1)C(=O)c1cn[nH]c1-c1cccc(F)c1. The lowest BCUT2D eigenvalue weighted by Crippen LogP contribution is -2.28. The molecule has 0 saturated carbocycles. The van der Waals surface area contributed by atoms with E-state index in [1.54, 1.807) is 19.2 Å². The van der Waals surface area contributed by atoms with E-state index in [9.17, 15) is 14.3 Å². The van der Waals surface area contributed by atoms with E-state index >= 15 is 0 Å². The molecule has 0 fully saturated rings. The zero-order valence-electron chi connectivity index (χ0n) is 14.4. The fourth-order valence-electron chi connectivity index (χ4n) is 2.78. The van der Waals surface area contributed by atoms with Gasteiger partial charge in [-0.25, -0.2) is 4.39 Å². The van der Waals surface area contributed by atoms with Crippen LogP contribution < -0.4 is 0 Å². The van der Waals surface area contributed by atoms with Crippen molar-refractivity contribution in [2.75, 3.05) is 13.6 Å². The Kier molecular flexibility index (Phi) is 5.43. The minimum absolute atomic E-state index is 0.238. The second-order valence-corrected chi connectivity index (χ2v) is 6.11. The summed E-state index contributed by atoms with van der Waals surface area (Å²) in [6.07, 6.45) is 1.21. The first kappa shape index (κ1) is 17.8. The van der Waals surface area contributed by atoms with Gasteiger partial charge in [0.15, 0.2) is 0 Å². The fourth-order valence-corrected chi connectivity index (χ4v) is 2.78. The van der Waals surface area contributed by atoms with Crippen molar-refractivity contribution in [3.63, 3.8) is 0 Å². The van der Waals surface area contributed by atoms with Crippen molar-refractivity contribution in [2.45, 2.75) is 12.5 Å². The van der Waals surface area contributed by atoms with Crippen molar-refractivity contribution in [3.05, 3.63) is 77.7 Å². The largest absolute Gasteiger partial charge is 0.388 e. The Morgan fingerprint density at radius 1 is 1.23 bits per heavy atom. The highest BCUT2D eigenvalue weighted by Gasteiger charge is 2.20. The average Bonchev–Trinajstić information content (AvgIpc) is 3.15. The molecule has 26 heavy (non-hydrogen) atoms. The smallest absolute Gasteiger partial charge is 0.257 e. The summed E-state index contributed by atoms with van der Waals surface area (Å²) in [6.45, 7) is 0.378. The zero-order valence-corrected chi connectivity index (χ0v) is 14.4. The Hall–Kier alpha value is -2.99. The van der Waals surface area contributed by atoms with Crippen molar-refractivity contribution in [3.8, 4) is 11.3 Å². The summed E-state index contributed by atoms with van der Waals surface area (Å²) < 4.78 is 13.5. The lowest BCUT2D eigenvalue weighted by Gasteiger charge is -2.19. The number of rotatable bonds is 6. The topological polar surface area (TPSA) is 69.2 Å². The predicted molar refractivity (Wildman–Crippen MR) is 97.0 cm³/mol. The van der Waals surface area contributed by atoms with Gasteiger partial charge < -0.3 is 10.0 Å². The summed E-state index contributed by atoms with van der Waals surface area (Å²) in [5.74, 6) is -0.617. The lowest BCUT2D eigenvalue weighted by molar-refractivity contribution is 0.0762. The number of aromatic nitrogens is 2. The standard InChI is InChI=1S/C20H20FN3O2/c1-24(11-10-18(25)14-6-3-2-4-7-14)20(26)17-13-22-23-19(17)15-8-5-9-16(21)12-15/h2-9,12-13,18,25H,10-11H2,1H3,(H,22,23)/t18-/m1/s1. The number of H-pyrrole nitrogens is 1. The normalized spacial score (nSPS) is 12.0. The van der Waals surface area contributed by atoms with Gasteiger partial charge in [-0.15, -0.1) is 0 Å². The third-order valence-electron chi connectivity index (χ3n) is 4.25. The molecule has 2 N–H and O–H groups in total. The zero-order chi connectivity index (χ0) is 18.5. The molecule has 0 bridgehead atoms. The fraction of sp³-hybridized carbons (Fsp3) is 0.200. The molecule has 1 atom stereocenters. The number of hydrogen-bond acceptors (Lipinski definition) is 3. The van der Waals surface area contributed by atoms with Crippen LogP contribution in [0.25, 0.3) is 11.3 Å². The van der Waals surface area contributed by atoms with Crippen LogP contribution in [0.3, 0.4) is 0 Å². The van der Waals surface area contributed by atoms with E-state index in [2.05, 4.69) is 10.2 Å². The van der Waals surface area contributed by atoms with Gasteiger partial charge in [-0.2, -0.15) is 5.10 Å². The molecule has 134 valence electrons.